The minimum Gasteiger partial charge on any atom is -0.493 e. The summed E-state index contributed by atoms with van der Waals surface area (Å²) in [4.78, 5) is 41.9. The molecule has 0 fully saturated rings. The van der Waals surface area contributed by atoms with Gasteiger partial charge < -0.3 is 19.9 Å². The van der Waals surface area contributed by atoms with Crippen LogP contribution in [0.15, 0.2) is 183 Å². The van der Waals surface area contributed by atoms with Gasteiger partial charge in [-0.1, -0.05) is 36.4 Å². The van der Waals surface area contributed by atoms with Gasteiger partial charge in [0.2, 0.25) is 0 Å². The van der Waals surface area contributed by atoms with E-state index in [4.69, 9.17) is 34.9 Å². The van der Waals surface area contributed by atoms with E-state index in [0.717, 1.165) is 53.4 Å². The molecule has 2 N–H and O–H groups in total. The number of ether oxygens (including phenoxy) is 3. The Balaban J connectivity index is 0.894. The molecule has 13 nitrogen and oxygen atoms in total. The minimum atomic E-state index is -0.542. The summed E-state index contributed by atoms with van der Waals surface area (Å²) < 4.78 is 19.4. The normalized spacial score (nSPS) is 11.2. The molecule has 0 spiro atoms. The van der Waals surface area contributed by atoms with Gasteiger partial charge in [-0.2, -0.15) is 0 Å². The molecule has 0 bridgehead atoms. The predicted octanol–water partition coefficient (Wildman–Crippen LogP) is 10.8. The Kier molecular flexibility index (Phi) is 14.7. The first kappa shape index (κ1) is 44.9. The molecule has 9 aromatic rings. The van der Waals surface area contributed by atoms with E-state index < -0.39 is 5.54 Å². The molecule has 0 atom stereocenters. The molecule has 9 aromatic heterocycles. The van der Waals surface area contributed by atoms with E-state index >= 15 is 0 Å². The van der Waals surface area contributed by atoms with Gasteiger partial charge in [0.05, 0.1) is 88.1 Å². The van der Waals surface area contributed by atoms with E-state index in [-0.39, 0.29) is 0 Å². The molecule has 0 aliphatic rings. The number of aromatic nitrogens is 9. The lowest BCUT2D eigenvalue weighted by Gasteiger charge is -2.30. The fourth-order valence-electron chi connectivity index (χ4n) is 7.86. The summed E-state index contributed by atoms with van der Waals surface area (Å²) in [7, 11) is 0. The molecule has 0 aliphatic carbocycles. The summed E-state index contributed by atoms with van der Waals surface area (Å²) in [6, 6.07) is 46.2. The highest BCUT2D eigenvalue weighted by Gasteiger charge is 2.25. The van der Waals surface area contributed by atoms with Crippen LogP contribution in [-0.4, -0.2) is 70.2 Å². The molecule has 0 amide bonds. The zero-order valence-corrected chi connectivity index (χ0v) is 37.5. The monoisotopic (exact) mass is 898 g/mol. The summed E-state index contributed by atoms with van der Waals surface area (Å²) in [6.45, 7) is 1.35. The lowest BCUT2D eigenvalue weighted by Crippen LogP contribution is -2.40. The molecule has 0 radical (unpaired) electrons. The average molecular weight is 899 g/mol. The van der Waals surface area contributed by atoms with Crippen molar-refractivity contribution in [3.63, 3.8) is 0 Å². The van der Waals surface area contributed by atoms with Crippen molar-refractivity contribution < 1.29 is 14.2 Å². The molecule has 0 aliphatic heterocycles. The zero-order chi connectivity index (χ0) is 46.2. The Labute approximate surface area is 395 Å². The van der Waals surface area contributed by atoms with Crippen molar-refractivity contribution in [3.8, 4) is 85.6 Å². The fraction of sp³-hybridized carbons (Fsp3) is 0.182. The predicted molar refractivity (Wildman–Crippen MR) is 263 cm³/mol. The fourth-order valence-corrected chi connectivity index (χ4v) is 7.86. The molecule has 0 saturated carbocycles. The maximum absolute atomic E-state index is 7.39. The first-order valence-electron chi connectivity index (χ1n) is 22.8. The van der Waals surface area contributed by atoms with Gasteiger partial charge in [0.15, 0.2) is 0 Å². The van der Waals surface area contributed by atoms with Crippen LogP contribution in [0.5, 0.6) is 17.2 Å². The van der Waals surface area contributed by atoms with E-state index in [2.05, 4.69) is 29.9 Å². The summed E-state index contributed by atoms with van der Waals surface area (Å²) in [5.74, 6) is 2.06. The van der Waals surface area contributed by atoms with Gasteiger partial charge in [0.25, 0.3) is 0 Å². The molecule has 9 heterocycles. The second-order valence-corrected chi connectivity index (χ2v) is 16.2. The Morgan fingerprint density at radius 1 is 0.309 bits per heavy atom. The van der Waals surface area contributed by atoms with Crippen molar-refractivity contribution >= 4 is 0 Å². The lowest BCUT2D eigenvalue weighted by molar-refractivity contribution is 0.223. The smallest absolute Gasteiger partial charge is 0.123 e. The van der Waals surface area contributed by atoms with Crippen LogP contribution < -0.4 is 19.9 Å². The quantitative estimate of drug-likeness (QED) is 0.0677. The van der Waals surface area contributed by atoms with E-state index in [1.54, 1.807) is 37.2 Å². The topological polar surface area (TPSA) is 170 Å². The van der Waals surface area contributed by atoms with Gasteiger partial charge in [0.1, 0.15) is 17.2 Å². The number of nitrogens with zero attached hydrogens (tertiary/aromatic N) is 9. The molecule has 0 aromatic carbocycles. The zero-order valence-electron chi connectivity index (χ0n) is 37.5. The van der Waals surface area contributed by atoms with E-state index in [1.807, 2.05) is 146 Å². The number of pyridine rings is 9. The summed E-state index contributed by atoms with van der Waals surface area (Å²) in [5, 5.41) is 0. The van der Waals surface area contributed by atoms with Crippen LogP contribution >= 0.6 is 0 Å². The molecule has 0 unspecified atom stereocenters. The van der Waals surface area contributed by atoms with Crippen molar-refractivity contribution in [1.29, 1.82) is 0 Å². The standard InChI is InChI=1S/C55H50N10O3/c56-55(22-13-31-66-40-34-49(43-16-1-7-25-57-43)63-50(35-40)44-17-2-8-26-58-44,23-14-32-67-41-36-51(45-18-3-9-27-59-45)64-52(37-41)46-19-4-10-28-60-46)24-15-33-68-42-38-53(47-20-5-11-29-61-47)65-54(39-42)48-21-6-12-30-62-48/h1-12,16-21,25-30,34-39H,13-15,22-24,31-33,56H2. The highest BCUT2D eigenvalue weighted by Crippen LogP contribution is 2.31. The molecule has 0 saturated heterocycles. The van der Waals surface area contributed by atoms with Gasteiger partial charge in [-0.3, -0.25) is 29.9 Å². The number of hydrogen-bond donors (Lipinski definition) is 1. The molecular formula is C55H50N10O3. The second-order valence-electron chi connectivity index (χ2n) is 16.2. The number of nitrogens with two attached hydrogens (primary N) is 1. The molecule has 13 heteroatoms. The van der Waals surface area contributed by atoms with Gasteiger partial charge in [0, 0.05) is 79.1 Å². The largest absolute Gasteiger partial charge is 0.493 e. The molecular weight excluding hydrogens is 849 g/mol. The Hall–Kier alpha value is -8.29. The third-order valence-electron chi connectivity index (χ3n) is 11.2. The Morgan fingerprint density at radius 3 is 0.721 bits per heavy atom. The van der Waals surface area contributed by atoms with Crippen LogP contribution in [0, 0.1) is 0 Å². The highest BCUT2D eigenvalue weighted by molar-refractivity contribution is 5.67. The molecule has 338 valence electrons. The SMILES string of the molecule is NC(CCCOc1cc(-c2ccccn2)nc(-c2ccccn2)c1)(CCCOc1cc(-c2ccccn2)nc(-c2ccccn2)c1)CCCOc1cc(-c2ccccn2)nc(-c2ccccn2)c1. The van der Waals surface area contributed by atoms with Crippen LogP contribution in [-0.2, 0) is 0 Å². The van der Waals surface area contributed by atoms with Crippen molar-refractivity contribution in [3.05, 3.63) is 183 Å². The van der Waals surface area contributed by atoms with Gasteiger partial charge in [-0.25, -0.2) is 15.0 Å². The van der Waals surface area contributed by atoms with Crippen molar-refractivity contribution in [2.24, 2.45) is 5.73 Å². The van der Waals surface area contributed by atoms with E-state index in [1.165, 1.54) is 0 Å². The van der Waals surface area contributed by atoms with E-state index in [9.17, 15) is 0 Å². The third-order valence-corrected chi connectivity index (χ3v) is 11.2. The Bertz CT molecular complexity index is 2480. The Morgan fingerprint density at radius 2 is 0.529 bits per heavy atom. The first-order chi connectivity index (χ1) is 33.5. The highest BCUT2D eigenvalue weighted by atomic mass is 16.5. The number of rotatable bonds is 21. The molecule has 68 heavy (non-hydrogen) atoms. The summed E-state index contributed by atoms with van der Waals surface area (Å²) in [6.07, 6.45) is 14.8. The van der Waals surface area contributed by atoms with Crippen molar-refractivity contribution in [2.45, 2.75) is 44.1 Å². The van der Waals surface area contributed by atoms with Crippen LogP contribution in [0.2, 0.25) is 0 Å². The lowest BCUT2D eigenvalue weighted by atomic mass is 9.85. The van der Waals surface area contributed by atoms with Crippen LogP contribution in [0.3, 0.4) is 0 Å². The van der Waals surface area contributed by atoms with Crippen molar-refractivity contribution in [2.75, 3.05) is 19.8 Å². The average Bonchev–Trinajstić information content (AvgIpc) is 3.41. The van der Waals surface area contributed by atoms with Crippen LogP contribution in [0.4, 0.5) is 0 Å². The third kappa shape index (κ3) is 12.1. The van der Waals surface area contributed by atoms with Gasteiger partial charge in [-0.05, 0) is 111 Å². The van der Waals surface area contributed by atoms with Crippen LogP contribution in [0.1, 0.15) is 38.5 Å². The summed E-state index contributed by atoms with van der Waals surface area (Å²) in [5.41, 5.74) is 15.6. The van der Waals surface area contributed by atoms with Crippen molar-refractivity contribution in [1.82, 2.24) is 44.9 Å². The van der Waals surface area contributed by atoms with E-state index in [0.29, 0.717) is 90.5 Å². The summed E-state index contributed by atoms with van der Waals surface area (Å²) >= 11 is 0. The maximum Gasteiger partial charge on any atom is 0.123 e. The second kappa shape index (κ2) is 22.3. The number of hydrogen-bond acceptors (Lipinski definition) is 13. The molecule has 9 rings (SSSR count). The maximum atomic E-state index is 7.39. The first-order valence-corrected chi connectivity index (χ1v) is 22.8. The minimum absolute atomic E-state index is 0.451. The van der Waals surface area contributed by atoms with Gasteiger partial charge in [-0.15, -0.1) is 0 Å². The van der Waals surface area contributed by atoms with Crippen LogP contribution in [0.25, 0.3) is 68.3 Å². The van der Waals surface area contributed by atoms with Gasteiger partial charge >= 0.3 is 0 Å².